The maximum Gasteiger partial charge on any atom is 0.253 e. The first-order valence-corrected chi connectivity index (χ1v) is 6.09. The van der Waals surface area contributed by atoms with Crippen LogP contribution in [0.1, 0.15) is 19.3 Å². The molecule has 3 atom stereocenters. The van der Waals surface area contributed by atoms with Crippen LogP contribution < -0.4 is 11.1 Å². The predicted molar refractivity (Wildman–Crippen MR) is 60.9 cm³/mol. The first-order valence-electron chi connectivity index (χ1n) is 6.09. The normalized spacial score (nSPS) is 27.3. The second-order valence-corrected chi connectivity index (χ2v) is 4.80. The molecule has 0 spiro atoms. The van der Waals surface area contributed by atoms with E-state index in [1.54, 1.807) is 4.90 Å². The second kappa shape index (κ2) is 5.01. The Balaban J connectivity index is 1.83. The number of amides is 2. The minimum absolute atomic E-state index is 0.0240. The van der Waals surface area contributed by atoms with Gasteiger partial charge >= 0.3 is 0 Å². The summed E-state index contributed by atoms with van der Waals surface area (Å²) in [7, 11) is 0. The van der Waals surface area contributed by atoms with E-state index in [1.165, 1.54) is 0 Å². The van der Waals surface area contributed by atoms with Gasteiger partial charge in [-0.2, -0.15) is 0 Å². The number of hydrogen-bond donors (Lipinski definition) is 3. The van der Waals surface area contributed by atoms with Crippen molar-refractivity contribution in [3.8, 4) is 0 Å². The smallest absolute Gasteiger partial charge is 0.253 e. The topological polar surface area (TPSA) is 95.7 Å². The van der Waals surface area contributed by atoms with E-state index in [1.807, 2.05) is 0 Å². The van der Waals surface area contributed by atoms with Crippen molar-refractivity contribution < 1.29 is 14.7 Å². The molecule has 2 saturated heterocycles. The first-order chi connectivity index (χ1) is 8.09. The quantitative estimate of drug-likeness (QED) is 0.554. The third kappa shape index (κ3) is 2.58. The van der Waals surface area contributed by atoms with Gasteiger partial charge in [0.2, 0.25) is 5.91 Å². The molecule has 1 unspecified atom stereocenters. The van der Waals surface area contributed by atoms with Gasteiger partial charge < -0.3 is 21.1 Å². The number of aliphatic hydroxyl groups is 1. The van der Waals surface area contributed by atoms with E-state index in [0.717, 1.165) is 12.8 Å². The summed E-state index contributed by atoms with van der Waals surface area (Å²) in [4.78, 5) is 24.7. The highest BCUT2D eigenvalue weighted by Gasteiger charge is 2.34. The lowest BCUT2D eigenvalue weighted by atomic mass is 9.95. The molecular weight excluding hydrogens is 222 g/mol. The lowest BCUT2D eigenvalue weighted by molar-refractivity contribution is -0.145. The van der Waals surface area contributed by atoms with Crippen LogP contribution >= 0.6 is 0 Å². The van der Waals surface area contributed by atoms with E-state index < -0.39 is 12.1 Å². The van der Waals surface area contributed by atoms with E-state index in [0.29, 0.717) is 26.1 Å². The number of carbonyl (C=O) groups is 2. The largest absolute Gasteiger partial charge is 0.382 e. The Morgan fingerprint density at radius 1 is 1.59 bits per heavy atom. The number of nitrogens with zero attached hydrogens (tertiary/aromatic N) is 1. The zero-order valence-electron chi connectivity index (χ0n) is 9.76. The second-order valence-electron chi connectivity index (χ2n) is 4.80. The summed E-state index contributed by atoms with van der Waals surface area (Å²) in [5, 5.41) is 12.5. The van der Waals surface area contributed by atoms with Crippen LogP contribution in [0.5, 0.6) is 0 Å². The SMILES string of the molecule is N[C@@H](C[C@@H]1CCNC1=O)C(O)C(=O)N1CCC1. The fourth-order valence-corrected chi connectivity index (χ4v) is 2.23. The molecule has 6 nitrogen and oxygen atoms in total. The number of hydrogen-bond acceptors (Lipinski definition) is 4. The summed E-state index contributed by atoms with van der Waals surface area (Å²) in [6.45, 7) is 2.06. The van der Waals surface area contributed by atoms with Crippen LogP contribution in [0.4, 0.5) is 0 Å². The standard InChI is InChI=1S/C11H19N3O3/c12-8(6-7-2-3-13-10(7)16)9(15)11(17)14-4-1-5-14/h7-9,15H,1-6,12H2,(H,13,16)/t7-,8-,9?/m0/s1. The summed E-state index contributed by atoms with van der Waals surface area (Å²) >= 11 is 0. The third-order valence-electron chi connectivity index (χ3n) is 3.55. The van der Waals surface area contributed by atoms with Crippen molar-refractivity contribution in [1.29, 1.82) is 0 Å². The summed E-state index contributed by atoms with van der Waals surface area (Å²) in [5.74, 6) is -0.491. The Bertz CT molecular complexity index is 317. The van der Waals surface area contributed by atoms with Gasteiger partial charge in [0.15, 0.2) is 0 Å². The van der Waals surface area contributed by atoms with Gasteiger partial charge in [0.25, 0.3) is 5.91 Å². The van der Waals surface area contributed by atoms with Crippen molar-refractivity contribution in [2.24, 2.45) is 11.7 Å². The fourth-order valence-electron chi connectivity index (χ4n) is 2.23. The molecule has 17 heavy (non-hydrogen) atoms. The maximum absolute atomic E-state index is 11.7. The molecule has 2 fully saturated rings. The van der Waals surface area contributed by atoms with E-state index in [2.05, 4.69) is 5.32 Å². The van der Waals surface area contributed by atoms with Gasteiger partial charge in [-0.1, -0.05) is 0 Å². The number of likely N-dealkylation sites (tertiary alicyclic amines) is 1. The zero-order valence-corrected chi connectivity index (χ0v) is 9.76. The fraction of sp³-hybridized carbons (Fsp3) is 0.818. The third-order valence-corrected chi connectivity index (χ3v) is 3.55. The lowest BCUT2D eigenvalue weighted by Gasteiger charge is -2.34. The zero-order chi connectivity index (χ0) is 12.4. The molecule has 0 aromatic heterocycles. The molecule has 0 bridgehead atoms. The molecule has 2 aliphatic rings. The minimum atomic E-state index is -1.18. The molecule has 2 heterocycles. The molecule has 0 aliphatic carbocycles. The van der Waals surface area contributed by atoms with Crippen LogP contribution in [0, 0.1) is 5.92 Å². The Kier molecular flexibility index (Phi) is 3.63. The van der Waals surface area contributed by atoms with Crippen LogP contribution in [0.2, 0.25) is 0 Å². The average Bonchev–Trinajstić information content (AvgIpc) is 2.60. The minimum Gasteiger partial charge on any atom is -0.382 e. The van der Waals surface area contributed by atoms with Crippen LogP contribution in [0.15, 0.2) is 0 Å². The number of aliphatic hydroxyl groups excluding tert-OH is 1. The van der Waals surface area contributed by atoms with Crippen LogP contribution in [-0.2, 0) is 9.59 Å². The van der Waals surface area contributed by atoms with E-state index >= 15 is 0 Å². The molecule has 96 valence electrons. The van der Waals surface area contributed by atoms with Gasteiger partial charge in [-0.15, -0.1) is 0 Å². The predicted octanol–water partition coefficient (Wildman–Crippen LogP) is -1.57. The number of nitrogens with two attached hydrogens (primary N) is 1. The highest BCUT2D eigenvalue weighted by molar-refractivity contribution is 5.83. The molecule has 2 aliphatic heterocycles. The Morgan fingerprint density at radius 3 is 2.76 bits per heavy atom. The molecule has 0 aromatic rings. The Morgan fingerprint density at radius 2 is 2.29 bits per heavy atom. The summed E-state index contributed by atoms with van der Waals surface area (Å²) in [6, 6.07) is -0.656. The summed E-state index contributed by atoms with van der Waals surface area (Å²) in [6.07, 6.45) is 0.909. The van der Waals surface area contributed by atoms with Crippen LogP contribution in [0.25, 0.3) is 0 Å². The summed E-state index contributed by atoms with van der Waals surface area (Å²) < 4.78 is 0. The van der Waals surface area contributed by atoms with Gasteiger partial charge in [-0.25, -0.2) is 0 Å². The van der Waals surface area contributed by atoms with Crippen molar-refractivity contribution in [2.75, 3.05) is 19.6 Å². The van der Waals surface area contributed by atoms with Crippen molar-refractivity contribution in [1.82, 2.24) is 10.2 Å². The van der Waals surface area contributed by atoms with Gasteiger partial charge in [0.05, 0.1) is 0 Å². The van der Waals surface area contributed by atoms with Crippen LogP contribution in [-0.4, -0.2) is 53.6 Å². The van der Waals surface area contributed by atoms with Crippen LogP contribution in [0.3, 0.4) is 0 Å². The molecule has 4 N–H and O–H groups in total. The Labute approximate surface area is 100 Å². The maximum atomic E-state index is 11.7. The van der Waals surface area contributed by atoms with Gasteiger partial charge in [0, 0.05) is 31.6 Å². The highest BCUT2D eigenvalue weighted by atomic mass is 16.3. The van der Waals surface area contributed by atoms with Crippen molar-refractivity contribution in [3.05, 3.63) is 0 Å². The molecule has 2 amide bonds. The van der Waals surface area contributed by atoms with Gasteiger partial charge in [-0.05, 0) is 19.3 Å². The van der Waals surface area contributed by atoms with E-state index in [4.69, 9.17) is 5.73 Å². The molecule has 6 heteroatoms. The lowest BCUT2D eigenvalue weighted by Crippen LogP contribution is -2.53. The van der Waals surface area contributed by atoms with E-state index in [-0.39, 0.29) is 17.7 Å². The average molecular weight is 241 g/mol. The molecule has 0 saturated carbocycles. The number of rotatable bonds is 4. The monoisotopic (exact) mass is 241 g/mol. The molecule has 2 rings (SSSR count). The van der Waals surface area contributed by atoms with Gasteiger partial charge in [-0.3, -0.25) is 9.59 Å². The molecule has 0 aromatic carbocycles. The van der Waals surface area contributed by atoms with Crippen molar-refractivity contribution in [3.63, 3.8) is 0 Å². The van der Waals surface area contributed by atoms with Crippen molar-refractivity contribution >= 4 is 11.8 Å². The Hall–Kier alpha value is -1.14. The summed E-state index contributed by atoms with van der Waals surface area (Å²) in [5.41, 5.74) is 5.80. The molecular formula is C11H19N3O3. The first kappa shape index (κ1) is 12.3. The highest BCUT2D eigenvalue weighted by Crippen LogP contribution is 2.18. The molecule has 0 radical (unpaired) electrons. The van der Waals surface area contributed by atoms with Gasteiger partial charge in [0.1, 0.15) is 6.10 Å². The number of carbonyl (C=O) groups excluding carboxylic acids is 2. The number of nitrogens with one attached hydrogen (secondary N) is 1. The van der Waals surface area contributed by atoms with Crippen molar-refractivity contribution in [2.45, 2.75) is 31.4 Å². The van der Waals surface area contributed by atoms with E-state index in [9.17, 15) is 14.7 Å².